The number of ether oxygens (including phenoxy) is 1. The lowest BCUT2D eigenvalue weighted by Gasteiger charge is -2.69. The van der Waals surface area contributed by atoms with Gasteiger partial charge in [0.2, 0.25) is 5.78 Å². The number of methoxy groups -OCH3 is 1. The quantitative estimate of drug-likeness (QED) is 0.491. The Labute approximate surface area is 192 Å². The summed E-state index contributed by atoms with van der Waals surface area (Å²) in [6, 6.07) is 0. The summed E-state index contributed by atoms with van der Waals surface area (Å²) in [6.07, 6.45) is 19.5. The molecule has 1 N–H and O–H groups in total. The minimum atomic E-state index is -1.15. The maximum absolute atomic E-state index is 13.2. The smallest absolute Gasteiger partial charge is 0.262 e. The number of hydrogen-bond donors (Lipinski definition) is 1. The molecule has 1 atom stereocenters. The molecule has 4 saturated carbocycles. The van der Waals surface area contributed by atoms with E-state index in [9.17, 15) is 10.0 Å². The molecule has 5 aliphatic carbocycles. The molecule has 2 heterocycles. The van der Waals surface area contributed by atoms with Crippen LogP contribution in [0.15, 0.2) is 70.6 Å². The van der Waals surface area contributed by atoms with Crippen LogP contribution in [0, 0.1) is 23.7 Å². The molecule has 7 aliphatic rings. The van der Waals surface area contributed by atoms with Gasteiger partial charge in [-0.1, -0.05) is 35.9 Å². The number of ketones is 1. The van der Waals surface area contributed by atoms with Crippen molar-refractivity contribution in [2.24, 2.45) is 23.7 Å². The van der Waals surface area contributed by atoms with Crippen molar-refractivity contribution >= 4 is 17.4 Å². The second-order valence-electron chi connectivity index (χ2n) is 9.78. The van der Waals surface area contributed by atoms with Crippen molar-refractivity contribution in [3.05, 3.63) is 70.6 Å². The van der Waals surface area contributed by atoms with E-state index in [-0.39, 0.29) is 10.8 Å². The Bertz CT molecular complexity index is 1000. The summed E-state index contributed by atoms with van der Waals surface area (Å²) in [5, 5.41) is 10.4. The third-order valence-electron chi connectivity index (χ3n) is 8.23. The first-order chi connectivity index (χ1) is 15.5. The van der Waals surface area contributed by atoms with Gasteiger partial charge < -0.3 is 4.74 Å². The molecule has 0 aromatic heterocycles. The fraction of sp³-hybridized carbons (Fsp3) is 0.480. The summed E-state index contributed by atoms with van der Waals surface area (Å²) in [4.78, 5) is 24.9. The van der Waals surface area contributed by atoms with Crippen molar-refractivity contribution in [3.63, 3.8) is 0 Å². The summed E-state index contributed by atoms with van der Waals surface area (Å²) >= 11 is 6.67. The summed E-state index contributed by atoms with van der Waals surface area (Å²) in [5.74, 6) is 0.814. The van der Waals surface area contributed by atoms with E-state index < -0.39 is 11.4 Å². The van der Waals surface area contributed by atoms with Crippen molar-refractivity contribution in [1.29, 1.82) is 0 Å². The lowest BCUT2D eigenvalue weighted by atomic mass is 9.47. The molecular weight excluding hydrogens is 430 g/mol. The normalized spacial score (nSPS) is 43.1. The van der Waals surface area contributed by atoms with Crippen molar-refractivity contribution in [2.45, 2.75) is 43.5 Å². The van der Waals surface area contributed by atoms with Crippen LogP contribution < -0.4 is 0 Å². The van der Waals surface area contributed by atoms with Gasteiger partial charge in [-0.2, -0.15) is 4.89 Å². The van der Waals surface area contributed by atoms with Gasteiger partial charge in [0.05, 0.1) is 5.03 Å². The van der Waals surface area contributed by atoms with Gasteiger partial charge in [0.1, 0.15) is 0 Å². The standard InChI is InChI=1S/C25H26ClNO5/c1-30-25(24(31-32-25)19-11-16-10-17(13-19)14-20(24)12-16)21-5-4-18(23(28)22(21)26)3-2-15-6-8-27(29)9-7-15/h2-9,16-17,19-20,29H,10-14H2,1H3/b18-3-. The molecular formula is C25H26ClNO5. The number of halogens is 1. The van der Waals surface area contributed by atoms with Gasteiger partial charge in [0, 0.05) is 30.7 Å². The zero-order valence-corrected chi connectivity index (χ0v) is 18.6. The molecule has 32 heavy (non-hydrogen) atoms. The van der Waals surface area contributed by atoms with Crippen molar-refractivity contribution < 1.29 is 24.5 Å². The largest absolute Gasteiger partial charge is 0.345 e. The monoisotopic (exact) mass is 455 g/mol. The third-order valence-corrected chi connectivity index (χ3v) is 8.60. The fourth-order valence-corrected chi connectivity index (χ4v) is 7.31. The Balaban J connectivity index is 1.33. The van der Waals surface area contributed by atoms with E-state index in [1.807, 2.05) is 6.08 Å². The van der Waals surface area contributed by atoms with Gasteiger partial charge in [-0.3, -0.25) is 10.0 Å². The van der Waals surface area contributed by atoms with E-state index in [1.54, 1.807) is 37.5 Å². The van der Waals surface area contributed by atoms with Gasteiger partial charge in [-0.05, 0) is 73.5 Å². The number of nitrogens with zero attached hydrogens (tertiary/aromatic N) is 1. The van der Waals surface area contributed by atoms with Crippen LogP contribution in [0.3, 0.4) is 0 Å². The van der Waals surface area contributed by atoms with Crippen LogP contribution in [0.2, 0.25) is 0 Å². The van der Waals surface area contributed by atoms with Crippen LogP contribution in [0.1, 0.15) is 32.1 Å². The third kappa shape index (κ3) is 2.71. The number of hydrogen-bond acceptors (Lipinski definition) is 6. The maximum atomic E-state index is 13.2. The molecule has 1 spiro atoms. The van der Waals surface area contributed by atoms with Gasteiger partial charge in [0.15, 0.2) is 5.60 Å². The highest BCUT2D eigenvalue weighted by Gasteiger charge is 2.77. The predicted octanol–water partition coefficient (Wildman–Crippen LogP) is 4.70. The maximum Gasteiger partial charge on any atom is 0.262 e. The van der Waals surface area contributed by atoms with Gasteiger partial charge in [0.25, 0.3) is 5.79 Å². The van der Waals surface area contributed by atoms with Gasteiger partial charge in [-0.25, -0.2) is 9.95 Å². The molecule has 4 bridgehead atoms. The minimum absolute atomic E-state index is 0.117. The van der Waals surface area contributed by atoms with Crippen LogP contribution in [0.5, 0.6) is 0 Å². The molecule has 1 saturated heterocycles. The molecule has 2 aliphatic heterocycles. The van der Waals surface area contributed by atoms with Crippen LogP contribution in [0.4, 0.5) is 0 Å². The molecule has 7 rings (SSSR count). The van der Waals surface area contributed by atoms with Crippen molar-refractivity contribution in [3.8, 4) is 0 Å². The highest BCUT2D eigenvalue weighted by Crippen LogP contribution is 2.68. The molecule has 0 aromatic carbocycles. The molecule has 7 heteroatoms. The molecule has 0 radical (unpaired) electrons. The van der Waals surface area contributed by atoms with E-state index in [2.05, 4.69) is 0 Å². The Morgan fingerprint density at radius 2 is 1.69 bits per heavy atom. The highest BCUT2D eigenvalue weighted by atomic mass is 35.5. The van der Waals surface area contributed by atoms with E-state index in [0.717, 1.165) is 48.2 Å². The lowest BCUT2D eigenvalue weighted by Crippen LogP contribution is -2.78. The summed E-state index contributed by atoms with van der Waals surface area (Å²) in [6.45, 7) is 0. The Morgan fingerprint density at radius 3 is 2.25 bits per heavy atom. The lowest BCUT2D eigenvalue weighted by molar-refractivity contribution is -0.623. The van der Waals surface area contributed by atoms with E-state index in [1.165, 1.54) is 18.8 Å². The van der Waals surface area contributed by atoms with Gasteiger partial charge in [-0.15, -0.1) is 0 Å². The number of carbonyl (C=O) groups is 1. The van der Waals surface area contributed by atoms with Crippen molar-refractivity contribution in [2.75, 3.05) is 7.11 Å². The summed E-state index contributed by atoms with van der Waals surface area (Å²) < 4.78 is 6.04. The molecule has 1 unspecified atom stereocenters. The predicted molar refractivity (Wildman–Crippen MR) is 117 cm³/mol. The summed E-state index contributed by atoms with van der Waals surface area (Å²) in [7, 11) is 1.62. The van der Waals surface area contributed by atoms with Gasteiger partial charge >= 0.3 is 0 Å². The number of hydroxylamine groups is 2. The van der Waals surface area contributed by atoms with Crippen LogP contribution >= 0.6 is 11.6 Å². The topological polar surface area (TPSA) is 68.2 Å². The molecule has 0 aromatic rings. The van der Waals surface area contributed by atoms with Crippen LogP contribution in [-0.4, -0.2) is 34.6 Å². The van der Waals surface area contributed by atoms with E-state index in [4.69, 9.17) is 26.1 Å². The average molecular weight is 456 g/mol. The Hall–Kier alpha value is -1.96. The zero-order valence-electron chi connectivity index (χ0n) is 17.9. The number of allylic oxidation sites excluding steroid dienone is 8. The SMILES string of the molecule is COC1(C2=C(Cl)C(=O)/C(=C\C=C3C=CN(O)C=C3)C=C2)OOC12C1CC3CC(C1)CC2C3. The Morgan fingerprint density at radius 1 is 1.03 bits per heavy atom. The molecule has 6 nitrogen and oxygen atoms in total. The molecule has 168 valence electrons. The number of Topliss-reactive ketones (excluding diaryl/α,β-unsaturated/α-hetero) is 1. The van der Waals surface area contributed by atoms with Crippen molar-refractivity contribution in [1.82, 2.24) is 5.06 Å². The molecule has 0 amide bonds. The van der Waals surface area contributed by atoms with Crippen LogP contribution in [-0.2, 0) is 19.3 Å². The highest BCUT2D eigenvalue weighted by molar-refractivity contribution is 6.46. The van der Waals surface area contributed by atoms with Crippen LogP contribution in [0.25, 0.3) is 0 Å². The summed E-state index contributed by atoms with van der Waals surface area (Å²) in [5.41, 5.74) is 1.31. The first-order valence-electron chi connectivity index (χ1n) is 11.3. The zero-order chi connectivity index (χ0) is 22.1. The average Bonchev–Trinajstić information content (AvgIpc) is 2.76. The minimum Gasteiger partial charge on any atom is -0.345 e. The molecule has 5 fully saturated rings. The van der Waals surface area contributed by atoms with E-state index in [0.29, 0.717) is 23.0 Å². The first kappa shape index (κ1) is 20.6. The first-order valence-corrected chi connectivity index (χ1v) is 11.6. The fourth-order valence-electron chi connectivity index (χ4n) is 7.01. The second-order valence-corrected chi connectivity index (χ2v) is 10.2. The Kier molecular flexibility index (Phi) is 4.69. The second kappa shape index (κ2) is 7.27. The number of rotatable bonds is 3. The van der Waals surface area contributed by atoms with E-state index >= 15 is 0 Å². The number of carbonyl (C=O) groups excluding carboxylic acids is 1.